The lowest BCUT2D eigenvalue weighted by Crippen LogP contribution is -2.49. The Morgan fingerprint density at radius 3 is 2.83 bits per heavy atom. The summed E-state index contributed by atoms with van der Waals surface area (Å²) in [6.07, 6.45) is 4.58. The van der Waals surface area contributed by atoms with Crippen molar-refractivity contribution in [1.29, 1.82) is 0 Å². The molecule has 0 aromatic carbocycles. The van der Waals surface area contributed by atoms with Crippen LogP contribution in [0.15, 0.2) is 12.3 Å². The molecule has 0 N–H and O–H groups in total. The highest BCUT2D eigenvalue weighted by Gasteiger charge is 2.44. The van der Waals surface area contributed by atoms with Crippen LogP contribution < -0.4 is 0 Å². The Morgan fingerprint density at radius 1 is 1.30 bits per heavy atom. The Morgan fingerprint density at radius 2 is 2.13 bits per heavy atom. The van der Waals surface area contributed by atoms with Gasteiger partial charge >= 0.3 is 0 Å². The summed E-state index contributed by atoms with van der Waals surface area (Å²) in [4.78, 5) is 32.7. The maximum atomic E-state index is 12.8. The third-order valence-electron chi connectivity index (χ3n) is 5.07. The van der Waals surface area contributed by atoms with Crippen LogP contribution in [-0.4, -0.2) is 51.3 Å². The molecule has 1 aromatic heterocycles. The highest BCUT2D eigenvalue weighted by atomic mass is 16.7. The maximum Gasteiger partial charge on any atom is 0.272 e. The zero-order valence-corrected chi connectivity index (χ0v) is 13.4. The van der Waals surface area contributed by atoms with E-state index in [1.807, 2.05) is 11.0 Å². The van der Waals surface area contributed by atoms with Gasteiger partial charge in [0, 0.05) is 18.7 Å². The van der Waals surface area contributed by atoms with Crippen LogP contribution in [0.2, 0.25) is 0 Å². The number of carbonyl (C=O) groups excluding carboxylic acids is 2. The van der Waals surface area contributed by atoms with Crippen LogP contribution in [0.3, 0.4) is 0 Å². The van der Waals surface area contributed by atoms with Crippen LogP contribution in [0, 0.1) is 11.8 Å². The molecular weight excluding hydrogens is 296 g/mol. The second kappa shape index (κ2) is 5.63. The fourth-order valence-electron chi connectivity index (χ4n) is 3.48. The van der Waals surface area contributed by atoms with E-state index >= 15 is 0 Å². The van der Waals surface area contributed by atoms with Crippen LogP contribution >= 0.6 is 0 Å². The Balaban J connectivity index is 1.55. The van der Waals surface area contributed by atoms with E-state index in [0.29, 0.717) is 32.2 Å². The van der Waals surface area contributed by atoms with Crippen LogP contribution in [0.5, 0.6) is 0 Å². The summed E-state index contributed by atoms with van der Waals surface area (Å²) in [5.41, 5.74) is 0.910. The quantitative estimate of drug-likeness (QED) is 0.815. The van der Waals surface area contributed by atoms with Gasteiger partial charge < -0.3 is 4.90 Å². The third-order valence-corrected chi connectivity index (χ3v) is 5.07. The topological polar surface area (TPSA) is 67.7 Å². The number of carbonyl (C=O) groups is 2. The molecule has 23 heavy (non-hydrogen) atoms. The van der Waals surface area contributed by atoms with Crippen molar-refractivity contribution >= 4 is 11.8 Å². The van der Waals surface area contributed by atoms with Gasteiger partial charge in [-0.05, 0) is 31.2 Å². The summed E-state index contributed by atoms with van der Waals surface area (Å²) in [5, 5.41) is 5.75. The Labute approximate surface area is 135 Å². The number of fused-ring (bicyclic) bond motifs is 1. The van der Waals surface area contributed by atoms with Gasteiger partial charge in [0.1, 0.15) is 0 Å². The van der Waals surface area contributed by atoms with Crippen molar-refractivity contribution in [1.82, 2.24) is 19.7 Å². The molecule has 0 radical (unpaired) electrons. The molecule has 1 saturated carbocycles. The summed E-state index contributed by atoms with van der Waals surface area (Å²) in [6.45, 7) is 4.20. The average Bonchev–Trinajstić information content (AvgIpc) is 3.12. The highest BCUT2D eigenvalue weighted by Crippen LogP contribution is 2.40. The number of hydrogen-bond donors (Lipinski definition) is 0. The molecule has 0 unspecified atom stereocenters. The van der Waals surface area contributed by atoms with E-state index in [2.05, 4.69) is 12.0 Å². The van der Waals surface area contributed by atoms with Gasteiger partial charge in [0.15, 0.2) is 6.04 Å². The first-order valence-electron chi connectivity index (χ1n) is 8.40. The van der Waals surface area contributed by atoms with Crippen LogP contribution in [0.25, 0.3) is 0 Å². The van der Waals surface area contributed by atoms with E-state index in [-0.39, 0.29) is 17.7 Å². The number of hydroxylamine groups is 2. The number of hydrogen-bond acceptors (Lipinski definition) is 4. The van der Waals surface area contributed by atoms with E-state index in [9.17, 15) is 9.59 Å². The Bertz CT molecular complexity index is 623. The van der Waals surface area contributed by atoms with Crippen molar-refractivity contribution < 1.29 is 14.4 Å². The van der Waals surface area contributed by atoms with Gasteiger partial charge in [-0.1, -0.05) is 6.92 Å². The van der Waals surface area contributed by atoms with E-state index in [1.54, 1.807) is 10.9 Å². The standard InChI is InChI=1S/C16H22N4O3/c1-11-8-13(11)15(21)18-9-12-4-5-17-20(12)14(10-18)16(22)19-6-2-3-7-23-19/h4-5,11,13-14H,2-3,6-10H2,1H3/t11-,13-,14-/m1/s1. The SMILES string of the molecule is C[C@@H]1C[C@H]1C(=O)N1Cc2ccnn2[C@@H](C(=O)N2CCCCO2)C1. The summed E-state index contributed by atoms with van der Waals surface area (Å²) >= 11 is 0. The number of rotatable bonds is 2. The largest absolute Gasteiger partial charge is 0.334 e. The van der Waals surface area contributed by atoms with Crippen molar-refractivity contribution in [2.24, 2.45) is 11.8 Å². The molecule has 4 rings (SSSR count). The molecule has 7 heteroatoms. The molecule has 3 heterocycles. The lowest BCUT2D eigenvalue weighted by atomic mass is 10.1. The molecule has 2 amide bonds. The molecule has 3 aliphatic rings. The minimum Gasteiger partial charge on any atom is -0.334 e. The summed E-state index contributed by atoms with van der Waals surface area (Å²) < 4.78 is 1.75. The van der Waals surface area contributed by atoms with Crippen molar-refractivity contribution in [2.45, 2.75) is 38.8 Å². The van der Waals surface area contributed by atoms with Crippen molar-refractivity contribution in [3.8, 4) is 0 Å². The summed E-state index contributed by atoms with van der Waals surface area (Å²) in [7, 11) is 0. The summed E-state index contributed by atoms with van der Waals surface area (Å²) in [5.74, 6) is 0.665. The van der Waals surface area contributed by atoms with Crippen molar-refractivity contribution in [3.05, 3.63) is 18.0 Å². The second-order valence-corrected chi connectivity index (χ2v) is 6.80. The van der Waals surface area contributed by atoms with E-state index < -0.39 is 6.04 Å². The molecule has 0 bridgehead atoms. The van der Waals surface area contributed by atoms with Gasteiger partial charge in [-0.25, -0.2) is 5.06 Å². The molecule has 0 spiro atoms. The first-order valence-corrected chi connectivity index (χ1v) is 8.40. The Kier molecular flexibility index (Phi) is 3.60. The molecule has 1 saturated heterocycles. The van der Waals surface area contributed by atoms with Crippen LogP contribution in [-0.2, 0) is 21.0 Å². The highest BCUT2D eigenvalue weighted by molar-refractivity contribution is 5.84. The molecule has 2 fully saturated rings. The van der Waals surface area contributed by atoms with Gasteiger partial charge in [0.05, 0.1) is 25.4 Å². The normalized spacial score (nSPS) is 30.0. The molecular formula is C16H22N4O3. The van der Waals surface area contributed by atoms with Gasteiger partial charge in [-0.2, -0.15) is 5.10 Å². The van der Waals surface area contributed by atoms with Crippen LogP contribution in [0.4, 0.5) is 0 Å². The Hall–Kier alpha value is -1.89. The lowest BCUT2D eigenvalue weighted by molar-refractivity contribution is -0.201. The zero-order valence-electron chi connectivity index (χ0n) is 13.4. The van der Waals surface area contributed by atoms with Gasteiger partial charge in [-0.15, -0.1) is 0 Å². The summed E-state index contributed by atoms with van der Waals surface area (Å²) in [6, 6.07) is 1.40. The smallest absolute Gasteiger partial charge is 0.272 e. The second-order valence-electron chi connectivity index (χ2n) is 6.80. The number of aromatic nitrogens is 2. The molecule has 2 aliphatic heterocycles. The van der Waals surface area contributed by atoms with Crippen LogP contribution in [0.1, 0.15) is 37.9 Å². The first kappa shape index (κ1) is 14.7. The molecule has 3 atom stereocenters. The maximum absolute atomic E-state index is 12.8. The predicted octanol–water partition coefficient (Wildman–Crippen LogP) is 0.976. The monoisotopic (exact) mass is 318 g/mol. The molecule has 7 nitrogen and oxygen atoms in total. The van der Waals surface area contributed by atoms with E-state index in [0.717, 1.165) is 25.0 Å². The molecule has 1 aliphatic carbocycles. The minimum atomic E-state index is -0.482. The van der Waals surface area contributed by atoms with Gasteiger partial charge in [0.2, 0.25) is 5.91 Å². The molecule has 1 aromatic rings. The fraction of sp³-hybridized carbons (Fsp3) is 0.688. The number of nitrogens with zero attached hydrogens (tertiary/aromatic N) is 4. The first-order chi connectivity index (χ1) is 11.1. The lowest BCUT2D eigenvalue weighted by Gasteiger charge is -2.36. The predicted molar refractivity (Wildman–Crippen MR) is 80.9 cm³/mol. The number of amides is 2. The van der Waals surface area contributed by atoms with E-state index in [1.165, 1.54) is 5.06 Å². The van der Waals surface area contributed by atoms with E-state index in [4.69, 9.17) is 4.84 Å². The third kappa shape index (κ3) is 2.63. The van der Waals surface area contributed by atoms with Crippen molar-refractivity contribution in [3.63, 3.8) is 0 Å². The minimum absolute atomic E-state index is 0.101. The van der Waals surface area contributed by atoms with Crippen molar-refractivity contribution in [2.75, 3.05) is 19.7 Å². The van der Waals surface area contributed by atoms with Gasteiger partial charge in [-0.3, -0.25) is 19.1 Å². The zero-order chi connectivity index (χ0) is 16.0. The van der Waals surface area contributed by atoms with Gasteiger partial charge in [0.25, 0.3) is 5.91 Å². The molecule has 124 valence electrons. The average molecular weight is 318 g/mol. The fourth-order valence-corrected chi connectivity index (χ4v) is 3.48.